The van der Waals surface area contributed by atoms with Crippen LogP contribution in [0, 0.1) is 6.92 Å². The number of aryl methyl sites for hydroxylation is 1. The Kier molecular flexibility index (Phi) is 2.97. The summed E-state index contributed by atoms with van der Waals surface area (Å²) in [6.45, 7) is 5.60. The fraction of sp³-hybridized carbons (Fsp3) is 0.462. The van der Waals surface area contributed by atoms with E-state index in [0.717, 1.165) is 12.0 Å². The Hall–Kier alpha value is -1.35. The van der Waals surface area contributed by atoms with Crippen molar-refractivity contribution in [3.8, 4) is 0 Å². The number of amides is 1. The van der Waals surface area contributed by atoms with Gasteiger partial charge >= 0.3 is 0 Å². The van der Waals surface area contributed by atoms with Crippen molar-refractivity contribution in [2.24, 2.45) is 0 Å². The van der Waals surface area contributed by atoms with E-state index in [9.17, 15) is 4.79 Å². The van der Waals surface area contributed by atoms with Crippen molar-refractivity contribution in [2.45, 2.75) is 39.3 Å². The summed E-state index contributed by atoms with van der Waals surface area (Å²) in [6.07, 6.45) is 0.877. The van der Waals surface area contributed by atoms with Crippen LogP contribution >= 0.6 is 0 Å². The molecule has 3 nitrogen and oxygen atoms in total. The molecule has 1 aliphatic rings. The van der Waals surface area contributed by atoms with Crippen LogP contribution in [-0.2, 0) is 9.63 Å². The maximum absolute atomic E-state index is 11.3. The third-order valence-corrected chi connectivity index (χ3v) is 2.96. The lowest BCUT2D eigenvalue weighted by atomic mass is 10.0. The summed E-state index contributed by atoms with van der Waals surface area (Å²) in [5.74, 6) is -0.0258. The molecule has 86 valence electrons. The van der Waals surface area contributed by atoms with E-state index < -0.39 is 0 Å². The van der Waals surface area contributed by atoms with Crippen molar-refractivity contribution < 1.29 is 9.63 Å². The average molecular weight is 219 g/mol. The molecule has 0 bridgehead atoms. The van der Waals surface area contributed by atoms with Gasteiger partial charge in [-0.05, 0) is 19.4 Å². The summed E-state index contributed by atoms with van der Waals surface area (Å²) in [5.41, 5.74) is 2.37. The predicted molar refractivity (Wildman–Crippen MR) is 61.6 cm³/mol. The van der Waals surface area contributed by atoms with Crippen LogP contribution in [-0.4, -0.2) is 17.0 Å². The fourth-order valence-electron chi connectivity index (χ4n) is 2.05. The van der Waals surface area contributed by atoms with Crippen LogP contribution in [0.4, 0.5) is 0 Å². The summed E-state index contributed by atoms with van der Waals surface area (Å²) in [4.78, 5) is 16.9. The van der Waals surface area contributed by atoms with E-state index in [4.69, 9.17) is 4.84 Å². The van der Waals surface area contributed by atoms with Crippen LogP contribution in [0.1, 0.15) is 37.5 Å². The number of benzene rings is 1. The van der Waals surface area contributed by atoms with Gasteiger partial charge in [0.15, 0.2) is 0 Å². The molecule has 0 aliphatic carbocycles. The topological polar surface area (TPSA) is 29.5 Å². The second-order valence-electron chi connectivity index (χ2n) is 4.43. The van der Waals surface area contributed by atoms with Gasteiger partial charge in [0, 0.05) is 13.3 Å². The number of rotatable bonds is 1. The van der Waals surface area contributed by atoms with Crippen LogP contribution in [0.15, 0.2) is 24.3 Å². The molecule has 1 fully saturated rings. The van der Waals surface area contributed by atoms with Gasteiger partial charge in [0.2, 0.25) is 5.91 Å². The maximum Gasteiger partial charge on any atom is 0.243 e. The second-order valence-corrected chi connectivity index (χ2v) is 4.43. The van der Waals surface area contributed by atoms with Crippen molar-refractivity contribution >= 4 is 5.91 Å². The molecular formula is C13H17NO2. The van der Waals surface area contributed by atoms with Gasteiger partial charge in [-0.15, -0.1) is 0 Å². The third-order valence-electron chi connectivity index (χ3n) is 2.96. The third kappa shape index (κ3) is 2.09. The van der Waals surface area contributed by atoms with Crippen LogP contribution < -0.4 is 0 Å². The first kappa shape index (κ1) is 11.1. The molecule has 0 N–H and O–H groups in total. The van der Waals surface area contributed by atoms with Gasteiger partial charge in [0.25, 0.3) is 0 Å². The SMILES string of the molecule is CC(=O)N1O[C@H](c2ccc(C)cc2)C[C@@H]1C. The lowest BCUT2D eigenvalue weighted by molar-refractivity contribution is -0.185. The molecule has 0 aromatic heterocycles. The quantitative estimate of drug-likeness (QED) is 0.726. The summed E-state index contributed by atoms with van der Waals surface area (Å²) in [5, 5.41) is 1.48. The Morgan fingerprint density at radius 3 is 2.50 bits per heavy atom. The van der Waals surface area contributed by atoms with Crippen molar-refractivity contribution in [2.75, 3.05) is 0 Å². The van der Waals surface area contributed by atoms with E-state index in [-0.39, 0.29) is 18.1 Å². The number of hydroxylamine groups is 2. The van der Waals surface area contributed by atoms with Gasteiger partial charge in [-0.25, -0.2) is 5.06 Å². The van der Waals surface area contributed by atoms with Crippen molar-refractivity contribution in [3.63, 3.8) is 0 Å². The Labute approximate surface area is 96.0 Å². The normalized spacial score (nSPS) is 24.8. The molecule has 1 aromatic rings. The highest BCUT2D eigenvalue weighted by Crippen LogP contribution is 2.32. The molecule has 16 heavy (non-hydrogen) atoms. The molecule has 1 aromatic carbocycles. The molecule has 0 radical (unpaired) electrons. The predicted octanol–water partition coefficient (Wildman–Crippen LogP) is 2.61. The highest BCUT2D eigenvalue weighted by molar-refractivity contribution is 5.72. The lowest BCUT2D eigenvalue weighted by Gasteiger charge is -2.17. The number of carbonyl (C=O) groups is 1. The van der Waals surface area contributed by atoms with E-state index in [1.165, 1.54) is 17.6 Å². The van der Waals surface area contributed by atoms with Gasteiger partial charge in [-0.3, -0.25) is 9.63 Å². The van der Waals surface area contributed by atoms with Crippen LogP contribution in [0.5, 0.6) is 0 Å². The molecule has 1 heterocycles. The van der Waals surface area contributed by atoms with Gasteiger partial charge in [-0.1, -0.05) is 29.8 Å². The zero-order valence-corrected chi connectivity index (χ0v) is 9.93. The first-order chi connectivity index (χ1) is 7.58. The van der Waals surface area contributed by atoms with Crippen LogP contribution in [0.2, 0.25) is 0 Å². The number of hydrogen-bond donors (Lipinski definition) is 0. The molecule has 3 heteroatoms. The fourth-order valence-corrected chi connectivity index (χ4v) is 2.05. The highest BCUT2D eigenvalue weighted by atomic mass is 16.7. The van der Waals surface area contributed by atoms with Crippen molar-refractivity contribution in [3.05, 3.63) is 35.4 Å². The first-order valence-electron chi connectivity index (χ1n) is 5.61. The molecule has 0 spiro atoms. The van der Waals surface area contributed by atoms with Gasteiger partial charge in [-0.2, -0.15) is 0 Å². The Balaban J connectivity index is 2.13. The van der Waals surface area contributed by atoms with E-state index in [1.807, 2.05) is 6.92 Å². The number of hydrogen-bond acceptors (Lipinski definition) is 2. The summed E-state index contributed by atoms with van der Waals surface area (Å²) >= 11 is 0. The van der Waals surface area contributed by atoms with E-state index >= 15 is 0 Å². The molecule has 0 unspecified atom stereocenters. The zero-order chi connectivity index (χ0) is 11.7. The zero-order valence-electron chi connectivity index (χ0n) is 9.93. The molecule has 1 aliphatic heterocycles. The largest absolute Gasteiger partial charge is 0.273 e. The molecular weight excluding hydrogens is 202 g/mol. The second kappa shape index (κ2) is 4.26. The smallest absolute Gasteiger partial charge is 0.243 e. The number of nitrogens with zero attached hydrogens (tertiary/aromatic N) is 1. The minimum absolute atomic E-state index is 0.0134. The molecule has 1 amide bonds. The van der Waals surface area contributed by atoms with Gasteiger partial charge in [0.1, 0.15) is 6.10 Å². The van der Waals surface area contributed by atoms with Gasteiger partial charge < -0.3 is 0 Å². The van der Waals surface area contributed by atoms with Crippen LogP contribution in [0.25, 0.3) is 0 Å². The van der Waals surface area contributed by atoms with Crippen LogP contribution in [0.3, 0.4) is 0 Å². The van der Waals surface area contributed by atoms with Crippen molar-refractivity contribution in [1.29, 1.82) is 0 Å². The van der Waals surface area contributed by atoms with Crippen molar-refractivity contribution in [1.82, 2.24) is 5.06 Å². The first-order valence-corrected chi connectivity index (χ1v) is 5.61. The Morgan fingerprint density at radius 1 is 1.38 bits per heavy atom. The summed E-state index contributed by atoms with van der Waals surface area (Å²) < 4.78 is 0. The molecule has 1 saturated heterocycles. The Bertz CT molecular complexity index is 385. The lowest BCUT2D eigenvalue weighted by Crippen LogP contribution is -2.30. The average Bonchev–Trinajstić information content (AvgIpc) is 2.61. The van der Waals surface area contributed by atoms with Gasteiger partial charge in [0.05, 0.1) is 6.04 Å². The summed E-state index contributed by atoms with van der Waals surface area (Å²) in [7, 11) is 0. The minimum Gasteiger partial charge on any atom is -0.273 e. The standard InChI is InChI=1S/C13H17NO2/c1-9-4-6-12(7-5-9)13-8-10(2)14(16-13)11(3)15/h4-7,10,13H,8H2,1-3H3/t10-,13-/m0/s1. The molecule has 0 saturated carbocycles. The maximum atomic E-state index is 11.3. The van der Waals surface area contributed by atoms with E-state index in [2.05, 4.69) is 31.2 Å². The van der Waals surface area contributed by atoms with E-state index in [1.54, 1.807) is 0 Å². The highest BCUT2D eigenvalue weighted by Gasteiger charge is 2.33. The summed E-state index contributed by atoms with van der Waals surface area (Å²) in [6, 6.07) is 8.43. The van der Waals surface area contributed by atoms with E-state index in [0.29, 0.717) is 0 Å². The Morgan fingerprint density at radius 2 is 2.00 bits per heavy atom. The number of carbonyl (C=O) groups excluding carboxylic acids is 1. The molecule has 2 rings (SSSR count). The minimum atomic E-state index is -0.0258. The monoisotopic (exact) mass is 219 g/mol. The molecule has 2 atom stereocenters.